The van der Waals surface area contributed by atoms with Gasteiger partial charge in [0.05, 0.1) is 11.4 Å². The third-order valence-corrected chi connectivity index (χ3v) is 6.18. The van der Waals surface area contributed by atoms with Gasteiger partial charge in [-0.1, -0.05) is 0 Å². The lowest BCUT2D eigenvalue weighted by molar-refractivity contribution is 0.102. The second kappa shape index (κ2) is 8.87. The first-order chi connectivity index (χ1) is 15.7. The molecule has 170 valence electrons. The van der Waals surface area contributed by atoms with Crippen LogP contribution in [0.5, 0.6) is 0 Å². The molecule has 0 atom stereocenters. The van der Waals surface area contributed by atoms with Crippen molar-refractivity contribution in [3.05, 3.63) is 83.9 Å². The molecule has 0 aliphatic carbocycles. The average Bonchev–Trinajstić information content (AvgIpc) is 3.22. The second-order valence-corrected chi connectivity index (χ2v) is 8.71. The molecule has 8 nitrogen and oxygen atoms in total. The van der Waals surface area contributed by atoms with E-state index >= 15 is 0 Å². The monoisotopic (exact) mass is 473 g/mol. The largest absolute Gasteiger partial charge is 0.447 e. The third kappa shape index (κ3) is 4.93. The van der Waals surface area contributed by atoms with Crippen LogP contribution in [0, 0.1) is 11.6 Å². The number of cyclic esters (lactones) is 1. The molecule has 0 spiro atoms. The number of carbonyl (C=O) groups is 2. The second-order valence-electron chi connectivity index (χ2n) is 7.03. The lowest BCUT2D eigenvalue weighted by atomic mass is 10.1. The SMILES string of the molecule is O=C(Nc1ccc(NS(=O)(=O)c2ccc(F)c(F)c2)cc1)c1ccc(N2CCOC2=O)cc1. The summed E-state index contributed by atoms with van der Waals surface area (Å²) in [6.07, 6.45) is -0.438. The highest BCUT2D eigenvalue weighted by atomic mass is 32.2. The maximum Gasteiger partial charge on any atom is 0.414 e. The Kier molecular flexibility index (Phi) is 5.97. The molecule has 3 aromatic carbocycles. The molecule has 1 heterocycles. The fraction of sp³-hybridized carbons (Fsp3) is 0.0909. The van der Waals surface area contributed by atoms with Crippen LogP contribution in [0.25, 0.3) is 0 Å². The van der Waals surface area contributed by atoms with Gasteiger partial charge in [-0.2, -0.15) is 0 Å². The summed E-state index contributed by atoms with van der Waals surface area (Å²) < 4.78 is 58.2. The molecule has 33 heavy (non-hydrogen) atoms. The smallest absolute Gasteiger partial charge is 0.414 e. The van der Waals surface area contributed by atoms with E-state index in [0.717, 1.165) is 12.1 Å². The maximum atomic E-state index is 13.4. The number of rotatable bonds is 6. The van der Waals surface area contributed by atoms with Gasteiger partial charge >= 0.3 is 6.09 Å². The number of benzene rings is 3. The Balaban J connectivity index is 1.40. The molecule has 0 bridgehead atoms. The maximum absolute atomic E-state index is 13.4. The normalized spacial score (nSPS) is 13.5. The fourth-order valence-electron chi connectivity index (χ4n) is 3.10. The Labute approximate surface area is 187 Å². The van der Waals surface area contributed by atoms with Crippen molar-refractivity contribution < 1.29 is 31.5 Å². The zero-order valence-corrected chi connectivity index (χ0v) is 17.7. The first-order valence-corrected chi connectivity index (χ1v) is 11.1. The van der Waals surface area contributed by atoms with Crippen molar-refractivity contribution in [1.29, 1.82) is 0 Å². The van der Waals surface area contributed by atoms with Crippen LogP contribution in [0.15, 0.2) is 71.6 Å². The molecular weight excluding hydrogens is 456 g/mol. The Bertz CT molecular complexity index is 1310. The summed E-state index contributed by atoms with van der Waals surface area (Å²) in [5.41, 5.74) is 1.55. The topological polar surface area (TPSA) is 105 Å². The summed E-state index contributed by atoms with van der Waals surface area (Å²) in [5, 5.41) is 2.68. The molecule has 1 aliphatic rings. The molecule has 3 aromatic rings. The van der Waals surface area contributed by atoms with Gasteiger partial charge in [-0.15, -0.1) is 0 Å². The highest BCUT2D eigenvalue weighted by molar-refractivity contribution is 7.92. The predicted octanol–water partition coefficient (Wildman–Crippen LogP) is 3.97. The molecule has 2 amide bonds. The lowest BCUT2D eigenvalue weighted by Gasteiger charge is -2.13. The number of anilines is 3. The number of ether oxygens (including phenoxy) is 1. The van der Waals surface area contributed by atoms with Crippen LogP contribution >= 0.6 is 0 Å². The Morgan fingerprint density at radius 3 is 2.18 bits per heavy atom. The molecule has 0 saturated carbocycles. The minimum Gasteiger partial charge on any atom is -0.447 e. The molecule has 2 N–H and O–H groups in total. The van der Waals surface area contributed by atoms with Crippen LogP contribution < -0.4 is 14.9 Å². The van der Waals surface area contributed by atoms with E-state index in [-0.39, 0.29) is 5.69 Å². The van der Waals surface area contributed by atoms with E-state index in [2.05, 4.69) is 10.0 Å². The minimum absolute atomic E-state index is 0.166. The van der Waals surface area contributed by atoms with Gasteiger partial charge in [0.1, 0.15) is 6.61 Å². The van der Waals surface area contributed by atoms with E-state index < -0.39 is 38.6 Å². The predicted molar refractivity (Wildman–Crippen MR) is 117 cm³/mol. The van der Waals surface area contributed by atoms with E-state index in [0.29, 0.717) is 36.2 Å². The number of amides is 2. The summed E-state index contributed by atoms with van der Waals surface area (Å²) in [4.78, 5) is 25.1. The number of nitrogens with one attached hydrogen (secondary N) is 2. The molecule has 0 unspecified atom stereocenters. The van der Waals surface area contributed by atoms with Gasteiger partial charge < -0.3 is 10.1 Å². The highest BCUT2D eigenvalue weighted by Gasteiger charge is 2.23. The van der Waals surface area contributed by atoms with Crippen molar-refractivity contribution in [3.8, 4) is 0 Å². The molecule has 1 saturated heterocycles. The van der Waals surface area contributed by atoms with Gasteiger partial charge in [0.15, 0.2) is 11.6 Å². The van der Waals surface area contributed by atoms with Crippen LogP contribution in [-0.4, -0.2) is 33.6 Å². The summed E-state index contributed by atoms with van der Waals surface area (Å²) in [5.74, 6) is -2.83. The first kappa shape index (κ1) is 22.2. The van der Waals surface area contributed by atoms with Crippen molar-refractivity contribution >= 4 is 39.1 Å². The zero-order valence-electron chi connectivity index (χ0n) is 16.9. The lowest BCUT2D eigenvalue weighted by Crippen LogP contribution is -2.23. The molecular formula is C22H17F2N3O5S. The summed E-state index contributed by atoms with van der Waals surface area (Å²) in [7, 11) is -4.13. The standard InChI is InChI=1S/C22H17F2N3O5S/c23-19-10-9-18(13-20(19)24)33(30,31)26-16-5-3-15(4-6-16)25-21(28)14-1-7-17(8-2-14)27-11-12-32-22(27)29/h1-10,13,26H,11-12H2,(H,25,28). The molecule has 4 rings (SSSR count). The van der Waals surface area contributed by atoms with E-state index in [1.807, 2.05) is 0 Å². The summed E-state index contributed by atoms with van der Waals surface area (Å²) in [6.45, 7) is 0.755. The van der Waals surface area contributed by atoms with Gasteiger partial charge in [0.25, 0.3) is 15.9 Å². The average molecular weight is 473 g/mol. The summed E-state index contributed by atoms with van der Waals surface area (Å²) in [6, 6.07) is 14.5. The van der Waals surface area contributed by atoms with Crippen molar-refractivity contribution in [3.63, 3.8) is 0 Å². The number of halogens is 2. The van der Waals surface area contributed by atoms with Gasteiger partial charge in [-0.05, 0) is 66.7 Å². The van der Waals surface area contributed by atoms with Gasteiger partial charge in [0.2, 0.25) is 0 Å². The van der Waals surface area contributed by atoms with E-state index in [1.54, 1.807) is 24.3 Å². The molecule has 0 aromatic heterocycles. The number of sulfonamides is 1. The van der Waals surface area contributed by atoms with E-state index in [9.17, 15) is 26.8 Å². The van der Waals surface area contributed by atoms with Crippen LogP contribution in [0.2, 0.25) is 0 Å². The number of nitrogens with zero attached hydrogens (tertiary/aromatic N) is 1. The van der Waals surface area contributed by atoms with Crippen molar-refractivity contribution in [2.24, 2.45) is 0 Å². The Morgan fingerprint density at radius 2 is 1.58 bits per heavy atom. The van der Waals surface area contributed by atoms with Crippen LogP contribution in [0.1, 0.15) is 10.4 Å². The van der Waals surface area contributed by atoms with Crippen molar-refractivity contribution in [1.82, 2.24) is 0 Å². The zero-order chi connectivity index (χ0) is 23.6. The van der Waals surface area contributed by atoms with Crippen LogP contribution in [-0.2, 0) is 14.8 Å². The van der Waals surface area contributed by atoms with Crippen LogP contribution in [0.3, 0.4) is 0 Å². The molecule has 0 radical (unpaired) electrons. The van der Waals surface area contributed by atoms with Gasteiger partial charge in [0, 0.05) is 22.6 Å². The van der Waals surface area contributed by atoms with Crippen molar-refractivity contribution in [2.45, 2.75) is 4.90 Å². The molecule has 1 aliphatic heterocycles. The first-order valence-electron chi connectivity index (χ1n) is 9.66. The van der Waals surface area contributed by atoms with Gasteiger partial charge in [-0.3, -0.25) is 14.4 Å². The quantitative estimate of drug-likeness (QED) is 0.564. The number of hydrogen-bond donors (Lipinski definition) is 2. The van der Waals surface area contributed by atoms with E-state index in [1.165, 1.54) is 29.2 Å². The molecule has 11 heteroatoms. The minimum atomic E-state index is -4.13. The highest BCUT2D eigenvalue weighted by Crippen LogP contribution is 2.22. The van der Waals surface area contributed by atoms with Crippen LogP contribution in [0.4, 0.5) is 30.6 Å². The Morgan fingerprint density at radius 1 is 0.909 bits per heavy atom. The number of carbonyl (C=O) groups excluding carboxylic acids is 2. The van der Waals surface area contributed by atoms with Gasteiger partial charge in [-0.25, -0.2) is 22.0 Å². The fourth-order valence-corrected chi connectivity index (χ4v) is 4.17. The molecule has 1 fully saturated rings. The third-order valence-electron chi connectivity index (χ3n) is 4.80. The Hall–Kier alpha value is -3.99. The number of hydrogen-bond acceptors (Lipinski definition) is 5. The summed E-state index contributed by atoms with van der Waals surface area (Å²) >= 11 is 0. The van der Waals surface area contributed by atoms with E-state index in [4.69, 9.17) is 4.74 Å². The van der Waals surface area contributed by atoms with Crippen molar-refractivity contribution in [2.75, 3.05) is 28.1 Å².